The Morgan fingerprint density at radius 3 is 2.85 bits per heavy atom. The van der Waals surface area contributed by atoms with E-state index < -0.39 is 6.09 Å². The van der Waals surface area contributed by atoms with Crippen molar-refractivity contribution in [1.82, 2.24) is 0 Å². The van der Waals surface area contributed by atoms with Gasteiger partial charge in [-0.15, -0.1) is 0 Å². The number of nitrogens with one attached hydrogen (secondary N) is 1. The van der Waals surface area contributed by atoms with Crippen molar-refractivity contribution in [2.24, 2.45) is 0 Å². The fourth-order valence-corrected chi connectivity index (χ4v) is 1.03. The third kappa shape index (κ3) is 1.97. The van der Waals surface area contributed by atoms with Crippen molar-refractivity contribution in [3.63, 3.8) is 0 Å². The van der Waals surface area contributed by atoms with Crippen LogP contribution in [0.25, 0.3) is 0 Å². The maximum absolute atomic E-state index is 10.4. The van der Waals surface area contributed by atoms with E-state index in [0.717, 1.165) is 5.56 Å². The van der Waals surface area contributed by atoms with Gasteiger partial charge in [0.15, 0.2) is 0 Å². The van der Waals surface area contributed by atoms with E-state index in [9.17, 15) is 4.79 Å². The number of anilines is 1. The summed E-state index contributed by atoms with van der Waals surface area (Å²) in [5, 5.41) is 19.4. The molecule has 1 aromatic rings. The molecule has 0 bridgehead atoms. The Morgan fingerprint density at radius 1 is 1.62 bits per heavy atom. The van der Waals surface area contributed by atoms with Crippen LogP contribution in [0.4, 0.5) is 10.5 Å². The first-order valence-corrected chi connectivity index (χ1v) is 3.65. The minimum Gasteiger partial charge on any atom is -0.465 e. The molecule has 1 rings (SSSR count). The highest BCUT2D eigenvalue weighted by molar-refractivity contribution is 5.86. The van der Waals surface area contributed by atoms with Gasteiger partial charge in [0, 0.05) is 0 Å². The topological polar surface area (TPSA) is 73.1 Å². The van der Waals surface area contributed by atoms with Crippen molar-refractivity contribution < 1.29 is 9.90 Å². The van der Waals surface area contributed by atoms with Crippen molar-refractivity contribution in [3.8, 4) is 6.07 Å². The summed E-state index contributed by atoms with van der Waals surface area (Å²) in [6, 6.07) is 6.94. The van der Waals surface area contributed by atoms with Crippen LogP contribution in [-0.4, -0.2) is 11.2 Å². The number of rotatable bonds is 1. The Kier molecular flexibility index (Phi) is 2.50. The van der Waals surface area contributed by atoms with Crippen LogP contribution in [0.1, 0.15) is 11.1 Å². The van der Waals surface area contributed by atoms with E-state index in [0.29, 0.717) is 11.3 Å². The number of carbonyl (C=O) groups is 1. The number of amides is 1. The lowest BCUT2D eigenvalue weighted by Gasteiger charge is -2.05. The maximum atomic E-state index is 10.4. The Labute approximate surface area is 75.4 Å². The first-order chi connectivity index (χ1) is 6.15. The van der Waals surface area contributed by atoms with Crippen LogP contribution in [0, 0.1) is 18.3 Å². The SMILES string of the molecule is Cc1cccc(C#N)c1NC(=O)O. The third-order valence-corrected chi connectivity index (χ3v) is 1.63. The van der Waals surface area contributed by atoms with E-state index in [1.165, 1.54) is 0 Å². The molecule has 0 heterocycles. The van der Waals surface area contributed by atoms with Gasteiger partial charge in [0.1, 0.15) is 6.07 Å². The summed E-state index contributed by atoms with van der Waals surface area (Å²) in [5.74, 6) is 0. The molecule has 0 radical (unpaired) electrons. The van der Waals surface area contributed by atoms with Crippen LogP contribution in [0.5, 0.6) is 0 Å². The zero-order valence-corrected chi connectivity index (χ0v) is 7.03. The Morgan fingerprint density at radius 2 is 2.31 bits per heavy atom. The van der Waals surface area contributed by atoms with Crippen molar-refractivity contribution in [3.05, 3.63) is 29.3 Å². The van der Waals surface area contributed by atoms with Gasteiger partial charge in [-0.2, -0.15) is 5.26 Å². The summed E-state index contributed by atoms with van der Waals surface area (Å²) >= 11 is 0. The van der Waals surface area contributed by atoms with Crippen LogP contribution in [0.3, 0.4) is 0 Å². The summed E-state index contributed by atoms with van der Waals surface area (Å²) in [5.41, 5.74) is 1.43. The lowest BCUT2D eigenvalue weighted by atomic mass is 10.1. The first-order valence-electron chi connectivity index (χ1n) is 3.65. The number of carboxylic acid groups (broad SMARTS) is 1. The average molecular weight is 176 g/mol. The number of nitriles is 1. The Hall–Kier alpha value is -2.02. The molecule has 0 fully saturated rings. The largest absolute Gasteiger partial charge is 0.465 e. The fraction of sp³-hybridized carbons (Fsp3) is 0.111. The average Bonchev–Trinajstić information content (AvgIpc) is 2.08. The van der Waals surface area contributed by atoms with E-state index in [4.69, 9.17) is 10.4 Å². The van der Waals surface area contributed by atoms with Crippen molar-refractivity contribution in [2.75, 3.05) is 5.32 Å². The molecule has 0 saturated carbocycles. The highest BCUT2D eigenvalue weighted by Crippen LogP contribution is 2.19. The van der Waals surface area contributed by atoms with Gasteiger partial charge >= 0.3 is 6.09 Å². The molecule has 1 aromatic carbocycles. The summed E-state index contributed by atoms with van der Waals surface area (Å²) in [7, 11) is 0. The number of hydrogen-bond acceptors (Lipinski definition) is 2. The number of para-hydroxylation sites is 1. The van der Waals surface area contributed by atoms with E-state index >= 15 is 0 Å². The predicted octanol–water partition coefficient (Wildman–Crippen LogP) is 1.96. The minimum atomic E-state index is -1.16. The van der Waals surface area contributed by atoms with E-state index in [2.05, 4.69) is 5.32 Å². The molecule has 0 saturated heterocycles. The van der Waals surface area contributed by atoms with Crippen LogP contribution in [-0.2, 0) is 0 Å². The molecule has 4 heteroatoms. The second kappa shape index (κ2) is 3.59. The highest BCUT2D eigenvalue weighted by atomic mass is 16.4. The molecule has 0 spiro atoms. The summed E-state index contributed by atoms with van der Waals surface area (Å²) in [4.78, 5) is 10.4. The molecule has 0 aliphatic rings. The molecule has 66 valence electrons. The summed E-state index contributed by atoms with van der Waals surface area (Å²) in [6.07, 6.45) is -1.16. The lowest BCUT2D eigenvalue weighted by Crippen LogP contribution is -2.09. The molecule has 0 atom stereocenters. The molecule has 2 N–H and O–H groups in total. The standard InChI is InChI=1S/C9H8N2O2/c1-6-3-2-4-7(5-10)8(6)11-9(12)13/h2-4,11H,1H3,(H,12,13). The third-order valence-electron chi connectivity index (χ3n) is 1.63. The molecule has 0 aliphatic heterocycles. The molecular formula is C9H8N2O2. The number of aryl methyl sites for hydroxylation is 1. The van der Waals surface area contributed by atoms with Gasteiger partial charge in [0.2, 0.25) is 0 Å². The van der Waals surface area contributed by atoms with Crippen molar-refractivity contribution in [1.29, 1.82) is 5.26 Å². The van der Waals surface area contributed by atoms with Gasteiger partial charge in [-0.1, -0.05) is 12.1 Å². The summed E-state index contributed by atoms with van der Waals surface area (Å²) < 4.78 is 0. The van der Waals surface area contributed by atoms with Gasteiger partial charge in [0.25, 0.3) is 0 Å². The molecule has 1 amide bonds. The van der Waals surface area contributed by atoms with Crippen LogP contribution >= 0.6 is 0 Å². The Bertz CT molecular complexity index is 380. The molecule has 13 heavy (non-hydrogen) atoms. The number of hydrogen-bond donors (Lipinski definition) is 2. The smallest absolute Gasteiger partial charge is 0.409 e. The van der Waals surface area contributed by atoms with Gasteiger partial charge in [-0.05, 0) is 18.6 Å². The predicted molar refractivity (Wildman–Crippen MR) is 47.5 cm³/mol. The van der Waals surface area contributed by atoms with Gasteiger partial charge in [-0.3, -0.25) is 5.32 Å². The second-order valence-corrected chi connectivity index (χ2v) is 2.54. The van der Waals surface area contributed by atoms with E-state index in [1.807, 2.05) is 6.07 Å². The van der Waals surface area contributed by atoms with E-state index in [1.54, 1.807) is 25.1 Å². The van der Waals surface area contributed by atoms with E-state index in [-0.39, 0.29) is 0 Å². The zero-order chi connectivity index (χ0) is 9.84. The highest BCUT2D eigenvalue weighted by Gasteiger charge is 2.06. The number of nitrogens with zero attached hydrogens (tertiary/aromatic N) is 1. The number of benzene rings is 1. The lowest BCUT2D eigenvalue weighted by molar-refractivity contribution is 0.209. The van der Waals surface area contributed by atoms with Gasteiger partial charge in [-0.25, -0.2) is 4.79 Å². The Balaban J connectivity index is 3.17. The molecule has 4 nitrogen and oxygen atoms in total. The van der Waals surface area contributed by atoms with Crippen LogP contribution in [0.2, 0.25) is 0 Å². The molecule has 0 unspecified atom stereocenters. The summed E-state index contributed by atoms with van der Waals surface area (Å²) in [6.45, 7) is 1.74. The minimum absolute atomic E-state index is 0.336. The van der Waals surface area contributed by atoms with Crippen molar-refractivity contribution in [2.45, 2.75) is 6.92 Å². The first kappa shape index (κ1) is 9.07. The van der Waals surface area contributed by atoms with Crippen LogP contribution < -0.4 is 5.32 Å². The fourth-order valence-electron chi connectivity index (χ4n) is 1.03. The van der Waals surface area contributed by atoms with Crippen molar-refractivity contribution >= 4 is 11.8 Å². The normalized spacial score (nSPS) is 8.92. The maximum Gasteiger partial charge on any atom is 0.409 e. The molecule has 0 aliphatic carbocycles. The quantitative estimate of drug-likeness (QED) is 0.686. The van der Waals surface area contributed by atoms with Gasteiger partial charge < -0.3 is 5.11 Å². The molecular weight excluding hydrogens is 168 g/mol. The zero-order valence-electron chi connectivity index (χ0n) is 7.03. The molecule has 0 aromatic heterocycles. The van der Waals surface area contributed by atoms with Crippen LogP contribution in [0.15, 0.2) is 18.2 Å². The van der Waals surface area contributed by atoms with Gasteiger partial charge in [0.05, 0.1) is 11.3 Å². The second-order valence-electron chi connectivity index (χ2n) is 2.54. The monoisotopic (exact) mass is 176 g/mol.